The van der Waals surface area contributed by atoms with Crippen LogP contribution in [0.2, 0.25) is 5.02 Å². The molecule has 1 unspecified atom stereocenters. The van der Waals surface area contributed by atoms with Crippen molar-refractivity contribution in [2.24, 2.45) is 0 Å². The van der Waals surface area contributed by atoms with E-state index in [1.54, 1.807) is 31.2 Å². The molecule has 0 aromatic heterocycles. The second kappa shape index (κ2) is 10.3. The molecular weight excluding hydrogens is 457 g/mol. The van der Waals surface area contributed by atoms with Crippen molar-refractivity contribution in [3.8, 4) is 0 Å². The Bertz CT molecular complexity index is 1160. The van der Waals surface area contributed by atoms with E-state index in [0.717, 1.165) is 4.90 Å². The smallest absolute Gasteiger partial charge is 0.269 e. The molecule has 2 amide bonds. The van der Waals surface area contributed by atoms with Crippen LogP contribution in [-0.4, -0.2) is 22.0 Å². The molecule has 0 saturated heterocycles. The molecule has 3 aromatic carbocycles. The third-order valence-corrected chi connectivity index (χ3v) is 5.72. The summed E-state index contributed by atoms with van der Waals surface area (Å²) in [7, 11) is 0. The molecule has 0 spiro atoms. The zero-order chi connectivity index (χ0) is 23.3. The summed E-state index contributed by atoms with van der Waals surface area (Å²) in [4.78, 5) is 35.6. The lowest BCUT2D eigenvalue weighted by molar-refractivity contribution is -0.384. The molecule has 164 valence electrons. The molecular formula is C22H17ClFN3O4S. The van der Waals surface area contributed by atoms with Crippen LogP contribution in [0.5, 0.6) is 0 Å². The first-order valence-corrected chi connectivity index (χ1v) is 10.6. The van der Waals surface area contributed by atoms with Gasteiger partial charge in [-0.3, -0.25) is 19.7 Å². The minimum Gasteiger partial charge on any atom is -0.325 e. The van der Waals surface area contributed by atoms with Crippen LogP contribution in [0, 0.1) is 15.9 Å². The Morgan fingerprint density at radius 3 is 2.22 bits per heavy atom. The monoisotopic (exact) mass is 473 g/mol. The van der Waals surface area contributed by atoms with Crippen LogP contribution < -0.4 is 10.6 Å². The van der Waals surface area contributed by atoms with Crippen molar-refractivity contribution in [2.75, 3.05) is 10.6 Å². The van der Waals surface area contributed by atoms with Crippen LogP contribution >= 0.6 is 23.4 Å². The predicted molar refractivity (Wildman–Crippen MR) is 123 cm³/mol. The second-order valence-corrected chi connectivity index (χ2v) is 8.48. The topological polar surface area (TPSA) is 101 Å². The average Bonchev–Trinajstić information content (AvgIpc) is 2.77. The molecule has 1 atom stereocenters. The maximum atomic E-state index is 13.2. The number of thioether (sulfide) groups is 1. The molecule has 2 N–H and O–H groups in total. The molecule has 10 heteroatoms. The minimum atomic E-state index is -0.562. The Hall–Kier alpha value is -3.43. The van der Waals surface area contributed by atoms with Crippen LogP contribution in [0.25, 0.3) is 0 Å². The van der Waals surface area contributed by atoms with Crippen molar-refractivity contribution in [1.82, 2.24) is 0 Å². The van der Waals surface area contributed by atoms with Crippen LogP contribution in [0.15, 0.2) is 71.6 Å². The lowest BCUT2D eigenvalue weighted by atomic mass is 10.2. The van der Waals surface area contributed by atoms with E-state index in [1.165, 1.54) is 54.2 Å². The largest absolute Gasteiger partial charge is 0.325 e. The maximum Gasteiger partial charge on any atom is 0.269 e. The fourth-order valence-electron chi connectivity index (χ4n) is 2.63. The zero-order valence-corrected chi connectivity index (χ0v) is 18.2. The van der Waals surface area contributed by atoms with Gasteiger partial charge in [0.25, 0.3) is 11.6 Å². The van der Waals surface area contributed by atoms with Gasteiger partial charge < -0.3 is 10.6 Å². The number of halogens is 2. The van der Waals surface area contributed by atoms with Crippen LogP contribution in [0.3, 0.4) is 0 Å². The summed E-state index contributed by atoms with van der Waals surface area (Å²) in [5, 5.41) is 15.6. The first-order chi connectivity index (χ1) is 15.2. The van der Waals surface area contributed by atoms with Crippen molar-refractivity contribution < 1.29 is 18.9 Å². The van der Waals surface area contributed by atoms with Gasteiger partial charge in [-0.2, -0.15) is 0 Å². The van der Waals surface area contributed by atoms with Gasteiger partial charge in [-0.25, -0.2) is 4.39 Å². The van der Waals surface area contributed by atoms with E-state index in [9.17, 15) is 24.1 Å². The summed E-state index contributed by atoms with van der Waals surface area (Å²) in [5.74, 6) is -1.23. The molecule has 0 aliphatic heterocycles. The van der Waals surface area contributed by atoms with Gasteiger partial charge in [0.05, 0.1) is 15.2 Å². The van der Waals surface area contributed by atoms with Gasteiger partial charge in [-0.05, 0) is 61.5 Å². The molecule has 0 fully saturated rings. The van der Waals surface area contributed by atoms with Gasteiger partial charge >= 0.3 is 0 Å². The Morgan fingerprint density at radius 2 is 1.62 bits per heavy atom. The Morgan fingerprint density at radius 1 is 1.00 bits per heavy atom. The highest BCUT2D eigenvalue weighted by Crippen LogP contribution is 2.27. The van der Waals surface area contributed by atoms with Crippen molar-refractivity contribution >= 4 is 52.2 Å². The third kappa shape index (κ3) is 6.05. The highest BCUT2D eigenvalue weighted by atomic mass is 35.5. The summed E-state index contributed by atoms with van der Waals surface area (Å²) in [5.41, 5.74) is 1.14. The zero-order valence-electron chi connectivity index (χ0n) is 16.7. The standard InChI is InChI=1S/C22H17ClFN3O4S/c1-13(21(28)26-16-6-11-20(24)19(23)12-16)32-18-9-4-15(5-10-18)25-22(29)14-2-7-17(8-3-14)27(30)31/h2-13H,1H3,(H,25,29)(H,26,28). The normalized spacial score (nSPS) is 11.5. The molecule has 0 saturated carbocycles. The lowest BCUT2D eigenvalue weighted by Gasteiger charge is -2.13. The number of anilines is 2. The Kier molecular flexibility index (Phi) is 7.45. The molecule has 0 heterocycles. The first kappa shape index (κ1) is 23.2. The van der Waals surface area contributed by atoms with Gasteiger partial charge in [0.1, 0.15) is 5.82 Å². The van der Waals surface area contributed by atoms with Crippen LogP contribution in [-0.2, 0) is 4.79 Å². The SMILES string of the molecule is CC(Sc1ccc(NC(=O)c2ccc([N+](=O)[O-])cc2)cc1)C(=O)Nc1ccc(F)c(Cl)c1. The van der Waals surface area contributed by atoms with Gasteiger partial charge in [0, 0.05) is 34.0 Å². The number of nitrogens with one attached hydrogen (secondary N) is 2. The quantitative estimate of drug-likeness (QED) is 0.258. The van der Waals surface area contributed by atoms with E-state index in [1.807, 2.05) is 0 Å². The van der Waals surface area contributed by atoms with Crippen molar-refractivity contribution in [3.63, 3.8) is 0 Å². The number of hydrogen-bond donors (Lipinski definition) is 2. The van der Waals surface area contributed by atoms with Gasteiger partial charge in [-0.1, -0.05) is 11.6 Å². The third-order valence-electron chi connectivity index (χ3n) is 4.32. The number of amides is 2. The summed E-state index contributed by atoms with van der Waals surface area (Å²) in [6.45, 7) is 1.73. The molecule has 0 aliphatic carbocycles. The number of rotatable bonds is 7. The summed E-state index contributed by atoms with van der Waals surface area (Å²) in [6, 6.07) is 16.1. The van der Waals surface area contributed by atoms with Crippen molar-refractivity contribution in [1.29, 1.82) is 0 Å². The number of hydrogen-bond acceptors (Lipinski definition) is 5. The molecule has 0 radical (unpaired) electrons. The van der Waals surface area contributed by atoms with Gasteiger partial charge in [0.15, 0.2) is 0 Å². The number of nitro groups is 1. The van der Waals surface area contributed by atoms with Crippen LogP contribution in [0.4, 0.5) is 21.5 Å². The molecule has 3 aromatic rings. The number of carbonyl (C=O) groups is 2. The first-order valence-electron chi connectivity index (χ1n) is 9.31. The van der Waals surface area contributed by atoms with E-state index >= 15 is 0 Å². The minimum absolute atomic E-state index is 0.0746. The number of carbonyl (C=O) groups excluding carboxylic acids is 2. The molecule has 7 nitrogen and oxygen atoms in total. The fourth-order valence-corrected chi connectivity index (χ4v) is 3.68. The van der Waals surface area contributed by atoms with E-state index in [0.29, 0.717) is 16.9 Å². The molecule has 3 rings (SSSR count). The van der Waals surface area contributed by atoms with E-state index in [2.05, 4.69) is 10.6 Å². The Labute approximate surface area is 192 Å². The summed E-state index contributed by atoms with van der Waals surface area (Å²) < 4.78 is 13.2. The molecule has 0 aliphatic rings. The van der Waals surface area contributed by atoms with E-state index < -0.39 is 21.9 Å². The average molecular weight is 474 g/mol. The fraction of sp³-hybridized carbons (Fsp3) is 0.0909. The van der Waals surface area contributed by atoms with Gasteiger partial charge in [-0.15, -0.1) is 11.8 Å². The second-order valence-electron chi connectivity index (χ2n) is 6.66. The number of nitrogens with zero attached hydrogens (tertiary/aromatic N) is 1. The predicted octanol–water partition coefficient (Wildman–Crippen LogP) is 5.76. The lowest BCUT2D eigenvalue weighted by Crippen LogP contribution is -2.22. The highest BCUT2D eigenvalue weighted by Gasteiger charge is 2.16. The van der Waals surface area contributed by atoms with Crippen LogP contribution in [0.1, 0.15) is 17.3 Å². The van der Waals surface area contributed by atoms with E-state index in [4.69, 9.17) is 11.6 Å². The van der Waals surface area contributed by atoms with Crippen molar-refractivity contribution in [2.45, 2.75) is 17.1 Å². The summed E-state index contributed by atoms with van der Waals surface area (Å²) in [6.07, 6.45) is 0. The number of nitro benzene ring substituents is 1. The van der Waals surface area contributed by atoms with Crippen molar-refractivity contribution in [3.05, 3.63) is 93.2 Å². The highest BCUT2D eigenvalue weighted by molar-refractivity contribution is 8.00. The van der Waals surface area contributed by atoms with Gasteiger partial charge in [0.2, 0.25) is 5.91 Å². The number of benzene rings is 3. The number of non-ortho nitro benzene ring substituents is 1. The maximum absolute atomic E-state index is 13.2. The Balaban J connectivity index is 1.56. The van der Waals surface area contributed by atoms with E-state index in [-0.39, 0.29) is 16.6 Å². The molecule has 0 bridgehead atoms. The summed E-state index contributed by atoms with van der Waals surface area (Å²) >= 11 is 7.04. The molecule has 32 heavy (non-hydrogen) atoms.